The number of hydrogen-bond acceptors (Lipinski definition) is 6. The third-order valence-electron chi connectivity index (χ3n) is 8.68. The maximum Gasteiger partial charge on any atom is 2.00 e. The van der Waals surface area contributed by atoms with Gasteiger partial charge >= 0.3 is 37.7 Å². The Balaban J connectivity index is 0.000000882. The molecule has 2 unspecified atom stereocenters. The predicted molar refractivity (Wildman–Crippen MR) is 196 cm³/mol. The molecule has 0 saturated carbocycles. The van der Waals surface area contributed by atoms with E-state index in [-0.39, 0.29) is 37.7 Å². The molecule has 0 amide bonds. The van der Waals surface area contributed by atoms with Crippen LogP contribution in [0.15, 0.2) is 60.7 Å². The second-order valence-corrected chi connectivity index (χ2v) is 15.8. The third kappa shape index (κ3) is 24.3. The third-order valence-corrected chi connectivity index (χ3v) is 11.1. The second-order valence-electron chi connectivity index (χ2n) is 12.7. The fourth-order valence-electron chi connectivity index (χ4n) is 5.93. The molecule has 9 heteroatoms. The second kappa shape index (κ2) is 29.3. The van der Waals surface area contributed by atoms with Crippen LogP contribution < -0.4 is 0 Å². The van der Waals surface area contributed by atoms with Crippen LogP contribution >= 0.6 is 0 Å². The Kier molecular flexibility index (Phi) is 29.0. The van der Waals surface area contributed by atoms with E-state index < -0.39 is 30.7 Å². The fraction of sp³-hybridized carbons (Fsp3) is 0.684. The average Bonchev–Trinajstić information content (AvgIpc) is 3.02. The molecule has 2 rings (SSSR count). The molecule has 0 saturated heterocycles. The first-order chi connectivity index (χ1) is 22.1. The Morgan fingerprint density at radius 2 is 0.660 bits per heavy atom. The van der Waals surface area contributed by atoms with E-state index in [0.29, 0.717) is 24.0 Å². The van der Waals surface area contributed by atoms with Gasteiger partial charge in [-0.3, -0.25) is 0 Å². The van der Waals surface area contributed by atoms with Crippen LogP contribution in [-0.4, -0.2) is 63.7 Å². The van der Waals surface area contributed by atoms with Crippen LogP contribution in [0.3, 0.4) is 0 Å². The Morgan fingerprint density at radius 1 is 0.426 bits per heavy atom. The smallest absolute Gasteiger partial charge is 0.747 e. The number of benzene rings is 2. The molecule has 264 valence electrons. The molecule has 0 bridgehead atoms. The summed E-state index contributed by atoms with van der Waals surface area (Å²) in [7, 11) is -8.56. The minimum atomic E-state index is -4.28. The fourth-order valence-corrected chi connectivity index (χ4v) is 7.82. The first-order valence-corrected chi connectivity index (χ1v) is 21.0. The number of rotatable bonds is 26. The zero-order valence-electron chi connectivity index (χ0n) is 29.5. The molecular formula is C38H62CaO6S2. The van der Waals surface area contributed by atoms with Crippen molar-refractivity contribution in [3.63, 3.8) is 0 Å². The molecule has 0 aliphatic rings. The summed E-state index contributed by atoms with van der Waals surface area (Å²) in [6.45, 7) is 4.45. The van der Waals surface area contributed by atoms with E-state index in [4.69, 9.17) is 0 Å². The molecule has 0 aliphatic heterocycles. The predicted octanol–water partition coefficient (Wildman–Crippen LogP) is 10.8. The van der Waals surface area contributed by atoms with Crippen molar-refractivity contribution in [1.29, 1.82) is 0 Å². The van der Waals surface area contributed by atoms with Gasteiger partial charge in [0.1, 0.15) is 20.2 Å². The van der Waals surface area contributed by atoms with Gasteiger partial charge in [0.25, 0.3) is 0 Å². The van der Waals surface area contributed by atoms with Gasteiger partial charge in [0.15, 0.2) is 0 Å². The summed E-state index contributed by atoms with van der Waals surface area (Å²) in [6, 6.07) is 17.7. The largest absolute Gasteiger partial charge is 2.00 e. The van der Waals surface area contributed by atoms with Crippen LogP contribution in [0.5, 0.6) is 0 Å². The summed E-state index contributed by atoms with van der Waals surface area (Å²) in [5.41, 5.74) is 1.25. The van der Waals surface area contributed by atoms with E-state index in [1.54, 1.807) is 48.5 Å². The summed E-state index contributed by atoms with van der Waals surface area (Å²) in [5, 5.41) is -1.78. The van der Waals surface area contributed by atoms with Crippen molar-refractivity contribution in [1.82, 2.24) is 0 Å². The Hall–Kier alpha value is -0.480. The molecule has 0 aromatic heterocycles. The molecule has 2 aromatic carbocycles. The molecule has 0 heterocycles. The van der Waals surface area contributed by atoms with Gasteiger partial charge in [-0.2, -0.15) is 0 Å². The van der Waals surface area contributed by atoms with Gasteiger partial charge in [0, 0.05) is 0 Å². The first-order valence-electron chi connectivity index (χ1n) is 18.1. The van der Waals surface area contributed by atoms with Gasteiger partial charge in [-0.15, -0.1) is 0 Å². The average molecular weight is 719 g/mol. The molecule has 0 fully saturated rings. The van der Waals surface area contributed by atoms with Gasteiger partial charge in [-0.25, -0.2) is 16.8 Å². The number of hydrogen-bond donors (Lipinski definition) is 0. The van der Waals surface area contributed by atoms with Gasteiger partial charge in [0.2, 0.25) is 0 Å². The van der Waals surface area contributed by atoms with E-state index in [9.17, 15) is 25.9 Å². The van der Waals surface area contributed by atoms with Gasteiger partial charge in [-0.05, 0) is 24.0 Å². The maximum atomic E-state index is 11.5. The minimum Gasteiger partial charge on any atom is -0.747 e. The van der Waals surface area contributed by atoms with Crippen LogP contribution in [0.25, 0.3) is 0 Å². The Bertz CT molecular complexity index is 1100. The molecular weight excluding hydrogens is 657 g/mol. The van der Waals surface area contributed by atoms with Crippen molar-refractivity contribution < 1.29 is 25.9 Å². The molecule has 0 radical (unpaired) electrons. The SMILES string of the molecule is CCCCCCCCCCCCC(c1ccccc1)S(=O)(=O)[O-].CCCCCCCCCCCCC(c1ccccc1)S(=O)(=O)[O-].[Ca+2]. The molecule has 2 aromatic rings. The van der Waals surface area contributed by atoms with E-state index in [1.807, 2.05) is 12.1 Å². The first kappa shape index (κ1) is 46.5. The van der Waals surface area contributed by atoms with E-state index >= 15 is 0 Å². The van der Waals surface area contributed by atoms with Gasteiger partial charge < -0.3 is 9.11 Å². The van der Waals surface area contributed by atoms with Crippen molar-refractivity contribution in [2.24, 2.45) is 0 Å². The minimum absolute atomic E-state index is 0. The van der Waals surface area contributed by atoms with Crippen LogP contribution in [-0.2, 0) is 20.2 Å². The standard InChI is InChI=1S/2C19H32O3S.Ca/c2*1-2-3-4-5-6-7-8-9-10-14-17-19(23(20,21)22)18-15-12-11-13-16-18;/h2*11-13,15-16,19H,2-10,14,17H2,1H3,(H,20,21,22);/q;;+2/p-2. The van der Waals surface area contributed by atoms with Crippen LogP contribution in [0.2, 0.25) is 0 Å². The van der Waals surface area contributed by atoms with E-state index in [0.717, 1.165) is 38.5 Å². The van der Waals surface area contributed by atoms with Crippen molar-refractivity contribution >= 4 is 58.0 Å². The summed E-state index contributed by atoms with van der Waals surface area (Å²) >= 11 is 0. The van der Waals surface area contributed by atoms with Crippen molar-refractivity contribution in [2.45, 2.75) is 166 Å². The zero-order valence-corrected chi connectivity index (χ0v) is 33.3. The Labute approximate surface area is 318 Å². The van der Waals surface area contributed by atoms with E-state index in [2.05, 4.69) is 13.8 Å². The zero-order chi connectivity index (χ0) is 33.9. The maximum absolute atomic E-state index is 11.5. The molecule has 0 N–H and O–H groups in total. The quantitative estimate of drug-likeness (QED) is 0.0543. The number of unbranched alkanes of at least 4 members (excludes halogenated alkanes) is 18. The summed E-state index contributed by atoms with van der Waals surface area (Å²) in [6.07, 6.45) is 24.9. The van der Waals surface area contributed by atoms with Crippen molar-refractivity contribution in [3.05, 3.63) is 71.8 Å². The van der Waals surface area contributed by atoms with Crippen LogP contribution in [0, 0.1) is 0 Å². The Morgan fingerprint density at radius 3 is 0.894 bits per heavy atom. The van der Waals surface area contributed by atoms with Gasteiger partial charge in [0.05, 0.1) is 10.5 Å². The topological polar surface area (TPSA) is 114 Å². The van der Waals surface area contributed by atoms with Crippen LogP contribution in [0.1, 0.15) is 177 Å². The normalized spacial score (nSPS) is 12.9. The molecule has 47 heavy (non-hydrogen) atoms. The molecule has 0 aliphatic carbocycles. The van der Waals surface area contributed by atoms with Crippen LogP contribution in [0.4, 0.5) is 0 Å². The summed E-state index contributed by atoms with van der Waals surface area (Å²) in [4.78, 5) is 0. The van der Waals surface area contributed by atoms with Crippen molar-refractivity contribution in [2.75, 3.05) is 0 Å². The molecule has 2 atom stereocenters. The van der Waals surface area contributed by atoms with Crippen molar-refractivity contribution in [3.8, 4) is 0 Å². The monoisotopic (exact) mass is 718 g/mol. The summed E-state index contributed by atoms with van der Waals surface area (Å²) < 4.78 is 68.8. The van der Waals surface area contributed by atoms with E-state index in [1.165, 1.54) is 89.9 Å². The van der Waals surface area contributed by atoms with Gasteiger partial charge in [-0.1, -0.05) is 203 Å². The molecule has 0 spiro atoms. The molecule has 6 nitrogen and oxygen atoms in total. The summed E-state index contributed by atoms with van der Waals surface area (Å²) in [5.74, 6) is 0.